The van der Waals surface area contributed by atoms with Gasteiger partial charge in [-0.05, 0) is 91.1 Å². The van der Waals surface area contributed by atoms with E-state index in [0.717, 1.165) is 64.2 Å². The first kappa shape index (κ1) is 54.2. The number of esters is 2. The van der Waals surface area contributed by atoms with Crippen LogP contribution in [0.4, 0.5) is 0 Å². The average molecular weight is 818 g/mol. The number of phosphoric ester groups is 1. The Morgan fingerprint density at radius 2 is 1.04 bits per heavy atom. The van der Waals surface area contributed by atoms with Crippen LogP contribution in [-0.4, -0.2) is 68.3 Å². The highest BCUT2D eigenvalue weighted by Crippen LogP contribution is 2.43. The lowest BCUT2D eigenvalue weighted by atomic mass is 10.1. The van der Waals surface area contributed by atoms with Gasteiger partial charge in [-0.25, -0.2) is 4.57 Å². The third-order valence-corrected chi connectivity index (χ3v) is 9.68. The zero-order valence-corrected chi connectivity index (χ0v) is 37.1. The van der Waals surface area contributed by atoms with Crippen molar-refractivity contribution in [3.8, 4) is 0 Å². The van der Waals surface area contributed by atoms with Crippen LogP contribution in [0.3, 0.4) is 0 Å². The molecule has 2 atom stereocenters. The lowest BCUT2D eigenvalue weighted by molar-refractivity contribution is -0.161. The third kappa shape index (κ3) is 42.6. The Morgan fingerprint density at radius 3 is 1.56 bits per heavy atom. The fourth-order valence-corrected chi connectivity index (χ4v) is 6.09. The summed E-state index contributed by atoms with van der Waals surface area (Å²) in [4.78, 5) is 37.0. The lowest BCUT2D eigenvalue weighted by Crippen LogP contribution is -2.29. The normalized spacial score (nSPS) is 14.2. The number of carbonyl (C=O) groups excluding carboxylic acids is 2. The summed E-state index contributed by atoms with van der Waals surface area (Å²) in [6.45, 7) is 4.09. The number of unbranched alkanes of at least 4 members (excludes halogenated alkanes) is 11. The molecule has 326 valence electrons. The van der Waals surface area contributed by atoms with E-state index in [1.54, 1.807) is 4.90 Å². The van der Waals surface area contributed by atoms with Crippen LogP contribution in [0.25, 0.3) is 0 Å². The maximum Gasteiger partial charge on any atom is 0.472 e. The Kier molecular flexibility index (Phi) is 39.3. The van der Waals surface area contributed by atoms with E-state index in [1.165, 1.54) is 51.4 Å². The first-order valence-corrected chi connectivity index (χ1v) is 23.4. The molecule has 0 saturated heterocycles. The molecule has 0 aliphatic heterocycles. The second-order valence-corrected chi connectivity index (χ2v) is 15.9. The van der Waals surface area contributed by atoms with Crippen molar-refractivity contribution >= 4 is 19.8 Å². The van der Waals surface area contributed by atoms with Crippen molar-refractivity contribution in [1.29, 1.82) is 0 Å². The molecule has 10 heteroatoms. The van der Waals surface area contributed by atoms with Crippen LogP contribution in [0.1, 0.15) is 155 Å². The molecule has 0 aromatic carbocycles. The van der Waals surface area contributed by atoms with Crippen LogP contribution in [-0.2, 0) is 32.7 Å². The average Bonchev–Trinajstić information content (AvgIpc) is 3.18. The van der Waals surface area contributed by atoms with Crippen LogP contribution >= 0.6 is 7.82 Å². The minimum atomic E-state index is -4.38. The van der Waals surface area contributed by atoms with Crippen molar-refractivity contribution in [2.24, 2.45) is 0 Å². The van der Waals surface area contributed by atoms with Gasteiger partial charge >= 0.3 is 19.8 Å². The topological polar surface area (TPSA) is 112 Å². The van der Waals surface area contributed by atoms with Crippen molar-refractivity contribution in [3.05, 3.63) is 85.1 Å². The van der Waals surface area contributed by atoms with Gasteiger partial charge in [-0.15, -0.1) is 0 Å². The van der Waals surface area contributed by atoms with E-state index in [1.807, 2.05) is 26.2 Å². The van der Waals surface area contributed by atoms with Crippen molar-refractivity contribution in [2.45, 2.75) is 161 Å². The Morgan fingerprint density at radius 1 is 0.561 bits per heavy atom. The fourth-order valence-electron chi connectivity index (χ4n) is 5.35. The molecule has 0 spiro atoms. The van der Waals surface area contributed by atoms with Crippen LogP contribution in [0.5, 0.6) is 0 Å². The summed E-state index contributed by atoms with van der Waals surface area (Å²) in [5.41, 5.74) is 0. The predicted octanol–water partition coefficient (Wildman–Crippen LogP) is 12.7. The number of hydrogen-bond acceptors (Lipinski definition) is 8. The summed E-state index contributed by atoms with van der Waals surface area (Å²) in [5.74, 6) is -0.913. The van der Waals surface area contributed by atoms with Gasteiger partial charge in [-0.3, -0.25) is 18.6 Å². The third-order valence-electron chi connectivity index (χ3n) is 8.70. The molecule has 0 fully saturated rings. The van der Waals surface area contributed by atoms with Gasteiger partial charge < -0.3 is 19.3 Å². The summed E-state index contributed by atoms with van der Waals surface area (Å²) < 4.78 is 33.4. The van der Waals surface area contributed by atoms with Gasteiger partial charge in [0.25, 0.3) is 0 Å². The number of rotatable bonds is 39. The van der Waals surface area contributed by atoms with E-state index >= 15 is 0 Å². The van der Waals surface area contributed by atoms with E-state index in [2.05, 4.69) is 86.8 Å². The molecule has 0 aromatic rings. The van der Waals surface area contributed by atoms with Gasteiger partial charge in [-0.1, -0.05) is 150 Å². The summed E-state index contributed by atoms with van der Waals surface area (Å²) in [6.07, 6.45) is 50.7. The summed E-state index contributed by atoms with van der Waals surface area (Å²) in [6, 6.07) is 0. The summed E-state index contributed by atoms with van der Waals surface area (Å²) >= 11 is 0. The number of ether oxygens (including phenoxy) is 2. The van der Waals surface area contributed by atoms with E-state index < -0.39 is 32.5 Å². The number of carbonyl (C=O) groups is 2. The second-order valence-electron chi connectivity index (χ2n) is 14.5. The van der Waals surface area contributed by atoms with Crippen LogP contribution in [0.2, 0.25) is 0 Å². The maximum atomic E-state index is 12.6. The Balaban J connectivity index is 4.43. The molecular formula is C47H80NO8P. The van der Waals surface area contributed by atoms with Gasteiger partial charge in [0.15, 0.2) is 6.10 Å². The van der Waals surface area contributed by atoms with Gasteiger partial charge in [0.1, 0.15) is 6.61 Å². The van der Waals surface area contributed by atoms with E-state index in [0.29, 0.717) is 19.4 Å². The smallest absolute Gasteiger partial charge is 0.462 e. The predicted molar refractivity (Wildman–Crippen MR) is 238 cm³/mol. The zero-order chi connectivity index (χ0) is 41.9. The molecule has 0 saturated carbocycles. The van der Waals surface area contributed by atoms with Crippen molar-refractivity contribution < 1.29 is 37.6 Å². The van der Waals surface area contributed by atoms with Gasteiger partial charge in [-0.2, -0.15) is 0 Å². The Bertz CT molecular complexity index is 1220. The number of allylic oxidation sites excluding steroid dienone is 14. The Hall–Kier alpha value is -2.81. The molecular weight excluding hydrogens is 737 g/mol. The molecule has 0 bridgehead atoms. The lowest BCUT2D eigenvalue weighted by Gasteiger charge is -2.20. The SMILES string of the molecule is CC/C=C\C/C=C\C/C=C\C/C=C\C/C=C\C/C=C\CCC(=O)OCC(COP(=O)(O)OCCN(C)C)OC(=O)CCCCCCCCC/C=C\CCCCCC. The number of hydrogen-bond donors (Lipinski definition) is 1. The largest absolute Gasteiger partial charge is 0.472 e. The molecule has 0 radical (unpaired) electrons. The van der Waals surface area contributed by atoms with Crippen LogP contribution in [0.15, 0.2) is 85.1 Å². The summed E-state index contributed by atoms with van der Waals surface area (Å²) in [7, 11) is -0.755. The van der Waals surface area contributed by atoms with Crippen LogP contribution in [0, 0.1) is 0 Å². The summed E-state index contributed by atoms with van der Waals surface area (Å²) in [5, 5.41) is 0. The minimum Gasteiger partial charge on any atom is -0.462 e. The van der Waals surface area contributed by atoms with Gasteiger partial charge in [0.05, 0.1) is 13.2 Å². The fraction of sp³-hybridized carbons (Fsp3) is 0.660. The standard InChI is InChI=1S/C47H80NO8P/c1-5-7-9-11-13-15-17-19-21-22-23-24-26-27-29-31-33-35-37-39-46(49)53-43-45(44-55-57(51,52)54-42-41-48(3)4)56-47(50)40-38-36-34-32-30-28-25-20-18-16-14-12-10-8-6-2/h7,9,13,15-16,18-19,21,23-24,27,29,33,35,45H,5-6,8,10-12,14,17,20,22,25-26,28,30-32,34,36-44H2,1-4H3,(H,51,52)/b9-7-,15-13-,18-16-,21-19-,24-23-,29-27-,35-33-. The highest BCUT2D eigenvalue weighted by molar-refractivity contribution is 7.47. The number of likely N-dealkylation sites (N-methyl/N-ethyl adjacent to an activating group) is 1. The van der Waals surface area contributed by atoms with E-state index in [4.69, 9.17) is 18.5 Å². The van der Waals surface area contributed by atoms with E-state index in [-0.39, 0.29) is 26.1 Å². The molecule has 57 heavy (non-hydrogen) atoms. The van der Waals surface area contributed by atoms with Crippen LogP contribution < -0.4 is 0 Å². The molecule has 0 amide bonds. The quantitative estimate of drug-likeness (QED) is 0.0280. The number of phosphoric acid groups is 1. The molecule has 0 heterocycles. The van der Waals surface area contributed by atoms with Gasteiger partial charge in [0, 0.05) is 19.4 Å². The zero-order valence-electron chi connectivity index (χ0n) is 36.2. The Labute approximate surface area is 348 Å². The highest BCUT2D eigenvalue weighted by atomic mass is 31.2. The number of nitrogens with zero attached hydrogens (tertiary/aromatic N) is 1. The molecule has 2 unspecified atom stereocenters. The van der Waals surface area contributed by atoms with Crippen molar-refractivity contribution in [1.82, 2.24) is 4.90 Å². The molecule has 0 rings (SSSR count). The molecule has 0 aliphatic carbocycles. The molecule has 9 nitrogen and oxygen atoms in total. The highest BCUT2D eigenvalue weighted by Gasteiger charge is 2.26. The molecule has 0 aromatic heterocycles. The van der Waals surface area contributed by atoms with Crippen molar-refractivity contribution in [2.75, 3.05) is 40.5 Å². The first-order valence-electron chi connectivity index (χ1n) is 21.9. The first-order chi connectivity index (χ1) is 27.7. The van der Waals surface area contributed by atoms with Gasteiger partial charge in [0.2, 0.25) is 0 Å². The minimum absolute atomic E-state index is 0.00887. The maximum absolute atomic E-state index is 12.6. The second kappa shape index (κ2) is 41.4. The molecule has 1 N–H and O–H groups in total. The monoisotopic (exact) mass is 818 g/mol. The molecule has 0 aliphatic rings. The van der Waals surface area contributed by atoms with E-state index in [9.17, 15) is 19.0 Å². The van der Waals surface area contributed by atoms with Crippen molar-refractivity contribution in [3.63, 3.8) is 0 Å².